The molecule has 0 spiro atoms. The molecule has 5 heteroatoms. The van der Waals surface area contributed by atoms with Crippen LogP contribution in [0.1, 0.15) is 12.8 Å². The minimum atomic E-state index is -0.495. The van der Waals surface area contributed by atoms with Gasteiger partial charge >= 0.3 is 0 Å². The first-order valence-electron chi connectivity index (χ1n) is 4.90. The standard InChI is InChI=1S/C10H12ClFN2O/c11-7-3-8(12)10(13-4-7)14-5-9(15)6-1-2-6/h3-4,6,9,15H,1-2,5H2,(H,13,14). The van der Waals surface area contributed by atoms with E-state index in [0.717, 1.165) is 12.8 Å². The normalized spacial score (nSPS) is 17.5. The number of rotatable bonds is 4. The van der Waals surface area contributed by atoms with Gasteiger partial charge < -0.3 is 10.4 Å². The van der Waals surface area contributed by atoms with Gasteiger partial charge in [-0.25, -0.2) is 9.37 Å². The SMILES string of the molecule is OC(CNc1ncc(Cl)cc1F)C1CC1. The summed E-state index contributed by atoms with van der Waals surface area (Å²) in [5.74, 6) is 0.0115. The van der Waals surface area contributed by atoms with E-state index >= 15 is 0 Å². The van der Waals surface area contributed by atoms with Crippen molar-refractivity contribution in [1.82, 2.24) is 4.98 Å². The summed E-state index contributed by atoms with van der Waals surface area (Å²) in [6, 6.07) is 1.19. The smallest absolute Gasteiger partial charge is 0.166 e. The molecule has 1 aromatic rings. The summed E-state index contributed by atoms with van der Waals surface area (Å²) in [4.78, 5) is 3.80. The van der Waals surface area contributed by atoms with Gasteiger partial charge in [-0.05, 0) is 24.8 Å². The summed E-state index contributed by atoms with van der Waals surface area (Å²) in [6.45, 7) is 0.330. The predicted octanol–water partition coefficient (Wildman–Crippen LogP) is 2.06. The molecule has 82 valence electrons. The molecule has 1 aliphatic carbocycles. The van der Waals surface area contributed by atoms with Crippen LogP contribution in [0, 0.1) is 11.7 Å². The molecule has 1 unspecified atom stereocenters. The maximum Gasteiger partial charge on any atom is 0.166 e. The summed E-state index contributed by atoms with van der Waals surface area (Å²) < 4.78 is 13.2. The first kappa shape index (κ1) is 10.6. The van der Waals surface area contributed by atoms with Gasteiger partial charge in [0.25, 0.3) is 0 Å². The van der Waals surface area contributed by atoms with Crippen LogP contribution in [0.3, 0.4) is 0 Å². The van der Waals surface area contributed by atoms with E-state index in [-0.39, 0.29) is 10.8 Å². The van der Waals surface area contributed by atoms with Crippen LogP contribution in [0.25, 0.3) is 0 Å². The Labute approximate surface area is 92.3 Å². The Morgan fingerprint density at radius 3 is 3.00 bits per heavy atom. The fourth-order valence-corrected chi connectivity index (χ4v) is 1.54. The second kappa shape index (κ2) is 4.33. The second-order valence-corrected chi connectivity index (χ2v) is 4.21. The molecule has 2 rings (SSSR count). The quantitative estimate of drug-likeness (QED) is 0.832. The van der Waals surface area contributed by atoms with Crippen molar-refractivity contribution in [1.29, 1.82) is 0 Å². The minimum Gasteiger partial charge on any atom is -0.391 e. The number of hydrogen-bond donors (Lipinski definition) is 2. The number of aliphatic hydroxyl groups excluding tert-OH is 1. The molecule has 0 radical (unpaired) electrons. The summed E-state index contributed by atoms with van der Waals surface area (Å²) in [5.41, 5.74) is 0. The number of nitrogens with zero attached hydrogens (tertiary/aromatic N) is 1. The number of anilines is 1. The Balaban J connectivity index is 1.92. The third kappa shape index (κ3) is 2.79. The van der Waals surface area contributed by atoms with Crippen molar-refractivity contribution in [3.05, 3.63) is 23.1 Å². The lowest BCUT2D eigenvalue weighted by Crippen LogP contribution is -2.22. The maximum absolute atomic E-state index is 13.2. The fraction of sp³-hybridized carbons (Fsp3) is 0.500. The zero-order valence-electron chi connectivity index (χ0n) is 8.08. The van der Waals surface area contributed by atoms with Gasteiger partial charge in [0, 0.05) is 12.7 Å². The Morgan fingerprint density at radius 1 is 1.67 bits per heavy atom. The third-order valence-electron chi connectivity index (χ3n) is 2.45. The van der Waals surface area contributed by atoms with Gasteiger partial charge in [0.15, 0.2) is 11.6 Å². The van der Waals surface area contributed by atoms with Crippen LogP contribution in [-0.4, -0.2) is 22.7 Å². The average Bonchev–Trinajstić information content (AvgIpc) is 2.99. The van der Waals surface area contributed by atoms with E-state index in [9.17, 15) is 9.50 Å². The molecule has 3 nitrogen and oxygen atoms in total. The van der Waals surface area contributed by atoms with E-state index in [1.165, 1.54) is 12.3 Å². The van der Waals surface area contributed by atoms with Crippen molar-refractivity contribution in [3.63, 3.8) is 0 Å². The van der Waals surface area contributed by atoms with E-state index in [0.29, 0.717) is 12.5 Å². The Bertz CT molecular complexity index is 357. The minimum absolute atomic E-state index is 0.138. The fourth-order valence-electron chi connectivity index (χ4n) is 1.39. The van der Waals surface area contributed by atoms with E-state index in [1.54, 1.807) is 0 Å². The second-order valence-electron chi connectivity index (χ2n) is 3.77. The Kier molecular flexibility index (Phi) is 3.07. The molecule has 15 heavy (non-hydrogen) atoms. The summed E-state index contributed by atoms with van der Waals surface area (Å²) in [7, 11) is 0. The molecule has 1 heterocycles. The number of aromatic nitrogens is 1. The van der Waals surface area contributed by atoms with Gasteiger partial charge in [0.05, 0.1) is 11.1 Å². The molecule has 0 amide bonds. The molecule has 1 saturated carbocycles. The molecule has 0 saturated heterocycles. The van der Waals surface area contributed by atoms with Gasteiger partial charge in [0.1, 0.15) is 0 Å². The van der Waals surface area contributed by atoms with E-state index < -0.39 is 11.9 Å². The van der Waals surface area contributed by atoms with Crippen LogP contribution in [0.5, 0.6) is 0 Å². The van der Waals surface area contributed by atoms with Crippen LogP contribution in [0.4, 0.5) is 10.2 Å². The highest BCUT2D eigenvalue weighted by atomic mass is 35.5. The van der Waals surface area contributed by atoms with Crippen molar-refractivity contribution in [2.45, 2.75) is 18.9 Å². The molecule has 1 aliphatic rings. The molecule has 1 atom stereocenters. The van der Waals surface area contributed by atoms with Crippen LogP contribution in [-0.2, 0) is 0 Å². The monoisotopic (exact) mass is 230 g/mol. The predicted molar refractivity (Wildman–Crippen MR) is 56.4 cm³/mol. The Hall–Kier alpha value is -0.870. The zero-order chi connectivity index (χ0) is 10.8. The third-order valence-corrected chi connectivity index (χ3v) is 2.66. The highest BCUT2D eigenvalue weighted by Gasteiger charge is 2.29. The van der Waals surface area contributed by atoms with E-state index in [4.69, 9.17) is 11.6 Å². The van der Waals surface area contributed by atoms with Gasteiger partial charge in [-0.2, -0.15) is 0 Å². The van der Waals surface area contributed by atoms with Crippen molar-refractivity contribution >= 4 is 17.4 Å². The highest BCUT2D eigenvalue weighted by Crippen LogP contribution is 2.32. The van der Waals surface area contributed by atoms with Gasteiger partial charge in [-0.3, -0.25) is 0 Å². The highest BCUT2D eigenvalue weighted by molar-refractivity contribution is 6.30. The number of hydrogen-bond acceptors (Lipinski definition) is 3. The van der Waals surface area contributed by atoms with Crippen molar-refractivity contribution in [2.75, 3.05) is 11.9 Å². The first-order valence-corrected chi connectivity index (χ1v) is 5.27. The molecule has 0 aliphatic heterocycles. The van der Waals surface area contributed by atoms with Crippen LogP contribution in [0.15, 0.2) is 12.3 Å². The molecule has 0 aromatic carbocycles. The van der Waals surface area contributed by atoms with E-state index in [2.05, 4.69) is 10.3 Å². The zero-order valence-corrected chi connectivity index (χ0v) is 8.84. The molecular weight excluding hydrogens is 219 g/mol. The number of aliphatic hydroxyl groups is 1. The Morgan fingerprint density at radius 2 is 2.40 bits per heavy atom. The van der Waals surface area contributed by atoms with Crippen LogP contribution in [0.2, 0.25) is 5.02 Å². The number of halogens is 2. The summed E-state index contributed by atoms with van der Waals surface area (Å²) >= 11 is 5.56. The first-order chi connectivity index (χ1) is 7.16. The largest absolute Gasteiger partial charge is 0.391 e. The van der Waals surface area contributed by atoms with Crippen molar-refractivity contribution in [3.8, 4) is 0 Å². The van der Waals surface area contributed by atoms with Gasteiger partial charge in [-0.1, -0.05) is 11.6 Å². The average molecular weight is 231 g/mol. The van der Waals surface area contributed by atoms with Crippen LogP contribution >= 0.6 is 11.6 Å². The van der Waals surface area contributed by atoms with E-state index in [1.807, 2.05) is 0 Å². The lowest BCUT2D eigenvalue weighted by Gasteiger charge is -2.11. The molecule has 1 aromatic heterocycles. The van der Waals surface area contributed by atoms with Gasteiger partial charge in [-0.15, -0.1) is 0 Å². The topological polar surface area (TPSA) is 45.1 Å². The summed E-state index contributed by atoms with van der Waals surface area (Å²) in [5, 5.41) is 12.6. The van der Waals surface area contributed by atoms with Crippen molar-refractivity contribution in [2.24, 2.45) is 5.92 Å². The molecule has 1 fully saturated rings. The number of pyridine rings is 1. The van der Waals surface area contributed by atoms with Crippen molar-refractivity contribution < 1.29 is 9.50 Å². The summed E-state index contributed by atoms with van der Waals surface area (Å²) in [6.07, 6.45) is 3.07. The van der Waals surface area contributed by atoms with Crippen LogP contribution < -0.4 is 5.32 Å². The molecule has 2 N–H and O–H groups in total. The molecule has 0 bridgehead atoms. The lowest BCUT2D eigenvalue weighted by molar-refractivity contribution is 0.164. The van der Waals surface area contributed by atoms with Gasteiger partial charge in [0.2, 0.25) is 0 Å². The lowest BCUT2D eigenvalue weighted by atomic mass is 10.2. The molecular formula is C10H12ClFN2O. The maximum atomic E-state index is 13.2. The number of nitrogens with one attached hydrogen (secondary N) is 1.